The first-order valence-corrected chi connectivity index (χ1v) is 8.26. The highest BCUT2D eigenvalue weighted by atomic mass is 32.1. The molecule has 0 aliphatic rings. The summed E-state index contributed by atoms with van der Waals surface area (Å²) in [5.74, 6) is 0.965. The van der Waals surface area contributed by atoms with E-state index in [1.165, 1.54) is 24.0 Å². The third kappa shape index (κ3) is 5.14. The SMILES string of the molecule is NCCC[n+]1ccc(-c2cc[n+](CCCCS)cc2)cc1. The standard InChI is InChI=1S/C17H24N3S/c18-8-3-10-20-13-6-17(7-14-20)16-4-11-19(12-5-16)9-1-2-15-21/h4-7,11-14H,1-3,8-10,15,18H2/q+1/p+1. The van der Waals surface area contributed by atoms with Crippen LogP contribution in [0.15, 0.2) is 49.1 Å². The second kappa shape index (κ2) is 8.80. The van der Waals surface area contributed by atoms with Gasteiger partial charge in [-0.05, 0) is 29.8 Å². The normalized spacial score (nSPS) is 10.8. The summed E-state index contributed by atoms with van der Waals surface area (Å²) in [7, 11) is 0. The summed E-state index contributed by atoms with van der Waals surface area (Å²) in [6.45, 7) is 2.78. The maximum absolute atomic E-state index is 5.54. The van der Waals surface area contributed by atoms with Crippen molar-refractivity contribution in [2.24, 2.45) is 5.73 Å². The summed E-state index contributed by atoms with van der Waals surface area (Å²) in [6.07, 6.45) is 11.9. The van der Waals surface area contributed by atoms with Crippen LogP contribution >= 0.6 is 12.6 Å². The van der Waals surface area contributed by atoms with Crippen LogP contribution in [0, 0.1) is 0 Å². The molecule has 0 saturated carbocycles. The average molecular weight is 303 g/mol. The third-order valence-corrected chi connectivity index (χ3v) is 3.88. The second-order valence-electron chi connectivity index (χ2n) is 5.22. The van der Waals surface area contributed by atoms with Crippen LogP contribution in [0.5, 0.6) is 0 Å². The van der Waals surface area contributed by atoms with E-state index >= 15 is 0 Å². The van der Waals surface area contributed by atoms with Crippen LogP contribution in [-0.4, -0.2) is 12.3 Å². The minimum absolute atomic E-state index is 0.737. The van der Waals surface area contributed by atoms with Crippen LogP contribution < -0.4 is 14.9 Å². The van der Waals surface area contributed by atoms with Crippen molar-refractivity contribution >= 4 is 12.6 Å². The minimum Gasteiger partial charge on any atom is -0.330 e. The van der Waals surface area contributed by atoms with Gasteiger partial charge >= 0.3 is 0 Å². The number of rotatable bonds is 8. The van der Waals surface area contributed by atoms with E-state index in [0.717, 1.165) is 31.8 Å². The Morgan fingerprint density at radius 1 is 0.762 bits per heavy atom. The van der Waals surface area contributed by atoms with Gasteiger partial charge in [-0.2, -0.15) is 12.6 Å². The molecule has 0 unspecified atom stereocenters. The molecule has 0 radical (unpaired) electrons. The number of nitrogens with zero attached hydrogens (tertiary/aromatic N) is 2. The van der Waals surface area contributed by atoms with Crippen molar-refractivity contribution in [1.29, 1.82) is 0 Å². The molecule has 2 aromatic rings. The zero-order chi connectivity index (χ0) is 14.9. The van der Waals surface area contributed by atoms with Crippen molar-refractivity contribution in [1.82, 2.24) is 0 Å². The van der Waals surface area contributed by atoms with E-state index in [0.29, 0.717) is 0 Å². The molecule has 4 heteroatoms. The van der Waals surface area contributed by atoms with Crippen molar-refractivity contribution in [3.05, 3.63) is 49.1 Å². The number of unbranched alkanes of at least 4 members (excludes halogenated alkanes) is 1. The zero-order valence-corrected chi connectivity index (χ0v) is 13.4. The fourth-order valence-electron chi connectivity index (χ4n) is 2.28. The molecule has 0 fully saturated rings. The second-order valence-corrected chi connectivity index (χ2v) is 5.67. The molecular formula is C17H25N3S+2. The van der Waals surface area contributed by atoms with Gasteiger partial charge in [0.15, 0.2) is 24.8 Å². The van der Waals surface area contributed by atoms with Crippen LogP contribution in [0.25, 0.3) is 11.1 Å². The molecule has 0 saturated heterocycles. The predicted octanol–water partition coefficient (Wildman–Crippen LogP) is 1.99. The lowest BCUT2D eigenvalue weighted by atomic mass is 10.1. The van der Waals surface area contributed by atoms with E-state index in [1.807, 2.05) is 0 Å². The average Bonchev–Trinajstić information content (AvgIpc) is 2.54. The summed E-state index contributed by atoms with van der Waals surface area (Å²) in [4.78, 5) is 0. The molecule has 3 nitrogen and oxygen atoms in total. The zero-order valence-electron chi connectivity index (χ0n) is 12.5. The first-order valence-electron chi connectivity index (χ1n) is 7.63. The lowest BCUT2D eigenvalue weighted by Gasteiger charge is -2.01. The fourth-order valence-corrected chi connectivity index (χ4v) is 2.50. The highest BCUT2D eigenvalue weighted by Gasteiger charge is 2.05. The van der Waals surface area contributed by atoms with Gasteiger partial charge in [-0.3, -0.25) is 0 Å². The van der Waals surface area contributed by atoms with Gasteiger partial charge in [0.2, 0.25) is 0 Å². The lowest BCUT2D eigenvalue weighted by molar-refractivity contribution is -0.697. The van der Waals surface area contributed by atoms with Gasteiger partial charge in [0, 0.05) is 37.1 Å². The molecular weight excluding hydrogens is 278 g/mol. The Kier molecular flexibility index (Phi) is 6.70. The predicted molar refractivity (Wildman–Crippen MR) is 89.0 cm³/mol. The number of nitrogens with two attached hydrogens (primary N) is 1. The van der Waals surface area contributed by atoms with Crippen LogP contribution in [-0.2, 0) is 13.1 Å². The highest BCUT2D eigenvalue weighted by Crippen LogP contribution is 2.15. The molecule has 0 aliphatic heterocycles. The van der Waals surface area contributed by atoms with Gasteiger partial charge in [-0.15, -0.1) is 0 Å². The molecule has 0 aromatic carbocycles. The van der Waals surface area contributed by atoms with E-state index in [4.69, 9.17) is 5.73 Å². The molecule has 2 aromatic heterocycles. The summed E-state index contributed by atoms with van der Waals surface area (Å²) in [5.41, 5.74) is 8.04. The Morgan fingerprint density at radius 2 is 1.24 bits per heavy atom. The summed E-state index contributed by atoms with van der Waals surface area (Å²) < 4.78 is 4.41. The Balaban J connectivity index is 1.97. The molecule has 0 spiro atoms. The molecule has 21 heavy (non-hydrogen) atoms. The number of pyridine rings is 2. The molecule has 0 amide bonds. The van der Waals surface area contributed by atoms with Crippen molar-refractivity contribution < 1.29 is 9.13 Å². The summed E-state index contributed by atoms with van der Waals surface area (Å²) in [5, 5.41) is 0. The van der Waals surface area contributed by atoms with E-state index in [2.05, 4.69) is 70.8 Å². The molecule has 112 valence electrons. The topological polar surface area (TPSA) is 33.8 Å². The van der Waals surface area contributed by atoms with Crippen LogP contribution in [0.1, 0.15) is 19.3 Å². The number of hydrogen-bond acceptors (Lipinski definition) is 2. The smallest absolute Gasteiger partial charge is 0.169 e. The maximum Gasteiger partial charge on any atom is 0.169 e. The molecule has 2 N–H and O–H groups in total. The van der Waals surface area contributed by atoms with Gasteiger partial charge in [0.1, 0.15) is 13.1 Å². The molecule has 0 aliphatic carbocycles. The van der Waals surface area contributed by atoms with Crippen LogP contribution in [0.3, 0.4) is 0 Å². The molecule has 0 bridgehead atoms. The first-order chi connectivity index (χ1) is 10.3. The van der Waals surface area contributed by atoms with Gasteiger partial charge in [0.25, 0.3) is 0 Å². The van der Waals surface area contributed by atoms with E-state index < -0.39 is 0 Å². The number of aryl methyl sites for hydroxylation is 2. The largest absolute Gasteiger partial charge is 0.330 e. The minimum atomic E-state index is 0.737. The van der Waals surface area contributed by atoms with Crippen LogP contribution in [0.4, 0.5) is 0 Å². The van der Waals surface area contributed by atoms with Crippen molar-refractivity contribution in [3.63, 3.8) is 0 Å². The van der Waals surface area contributed by atoms with Gasteiger partial charge in [-0.1, -0.05) is 0 Å². The Bertz CT molecular complexity index is 523. The summed E-state index contributed by atoms with van der Waals surface area (Å²) >= 11 is 4.24. The van der Waals surface area contributed by atoms with Crippen molar-refractivity contribution in [2.75, 3.05) is 12.3 Å². The maximum atomic E-state index is 5.54. The highest BCUT2D eigenvalue weighted by molar-refractivity contribution is 7.80. The number of hydrogen-bond donors (Lipinski definition) is 2. The molecule has 0 atom stereocenters. The lowest BCUT2D eigenvalue weighted by Crippen LogP contribution is -2.33. The van der Waals surface area contributed by atoms with Gasteiger partial charge in [0.05, 0.1) is 0 Å². The van der Waals surface area contributed by atoms with Crippen molar-refractivity contribution in [3.8, 4) is 11.1 Å². The van der Waals surface area contributed by atoms with E-state index in [1.54, 1.807) is 0 Å². The molecule has 2 heterocycles. The van der Waals surface area contributed by atoms with Gasteiger partial charge < -0.3 is 5.73 Å². The number of thiol groups is 1. The molecule has 2 rings (SSSR count). The monoisotopic (exact) mass is 303 g/mol. The van der Waals surface area contributed by atoms with Gasteiger partial charge in [-0.25, -0.2) is 9.13 Å². The Hall–Kier alpha value is -1.39. The quantitative estimate of drug-likeness (QED) is 0.436. The summed E-state index contributed by atoms with van der Waals surface area (Å²) in [6, 6.07) is 8.69. The van der Waals surface area contributed by atoms with E-state index in [-0.39, 0.29) is 0 Å². The number of aromatic nitrogens is 2. The van der Waals surface area contributed by atoms with E-state index in [9.17, 15) is 0 Å². The van der Waals surface area contributed by atoms with Crippen LogP contribution in [0.2, 0.25) is 0 Å². The van der Waals surface area contributed by atoms with Crippen molar-refractivity contribution in [2.45, 2.75) is 32.4 Å². The fraction of sp³-hybridized carbons (Fsp3) is 0.412. The Morgan fingerprint density at radius 3 is 1.67 bits per heavy atom. The first kappa shape index (κ1) is 16.0. The third-order valence-electron chi connectivity index (χ3n) is 3.56. The Labute approximate surface area is 132 Å².